The summed E-state index contributed by atoms with van der Waals surface area (Å²) in [6.07, 6.45) is 1.50. The number of halogens is 2. The van der Waals surface area contributed by atoms with E-state index in [9.17, 15) is 14.4 Å². The number of carbonyl (C=O) groups is 3. The van der Waals surface area contributed by atoms with Gasteiger partial charge in [0.2, 0.25) is 0 Å². The number of carbonyl (C=O) groups excluding carboxylic acids is 3. The maximum absolute atomic E-state index is 13.0. The van der Waals surface area contributed by atoms with E-state index < -0.39 is 17.7 Å². The van der Waals surface area contributed by atoms with Crippen LogP contribution in [0.4, 0.5) is 0 Å². The number of fused-ring (bicyclic) bond motifs is 1. The number of nitrogens with zero attached hydrogens (tertiary/aromatic N) is 2. The van der Waals surface area contributed by atoms with Crippen LogP contribution in [-0.2, 0) is 4.79 Å². The molecule has 0 saturated carbocycles. The lowest BCUT2D eigenvalue weighted by Gasteiger charge is -2.23. The van der Waals surface area contributed by atoms with Gasteiger partial charge in [0.25, 0.3) is 17.7 Å². The topological polar surface area (TPSA) is 70.8 Å². The Hall–Kier alpha value is -2.91. The molecule has 1 saturated heterocycles. The molecule has 0 unspecified atom stereocenters. The fourth-order valence-electron chi connectivity index (χ4n) is 3.38. The summed E-state index contributed by atoms with van der Waals surface area (Å²) in [5.41, 5.74) is 1.10. The van der Waals surface area contributed by atoms with E-state index in [1.165, 1.54) is 18.2 Å². The Bertz CT molecular complexity index is 1350. The molecule has 3 amide bonds. The molecule has 0 N–H and O–H groups in total. The molecular weight excluding hydrogens is 491 g/mol. The standard InChI is InChI=1S/C22H10Cl2N2O4S2/c23-11-5-7-15(16(24)9-11)17-8-6-12(30-17)10-18-21(29)26(22(31)32-18)25-19(27)13-3-1-2-4-14(13)20(25)28/h1-10H/b18-10-. The third-order valence-electron chi connectivity index (χ3n) is 4.84. The largest absolute Gasteiger partial charge is 0.457 e. The first kappa shape index (κ1) is 21.0. The Morgan fingerprint density at radius 2 is 1.53 bits per heavy atom. The van der Waals surface area contributed by atoms with Crippen LogP contribution in [0.15, 0.2) is 63.9 Å². The van der Waals surface area contributed by atoms with Crippen LogP contribution < -0.4 is 0 Å². The van der Waals surface area contributed by atoms with Crippen molar-refractivity contribution >= 4 is 75.3 Å². The lowest BCUT2D eigenvalue weighted by molar-refractivity contribution is -0.128. The summed E-state index contributed by atoms with van der Waals surface area (Å²) in [6, 6.07) is 14.8. The van der Waals surface area contributed by atoms with Crippen LogP contribution in [-0.4, -0.2) is 32.1 Å². The van der Waals surface area contributed by atoms with Crippen molar-refractivity contribution in [1.29, 1.82) is 0 Å². The first-order chi connectivity index (χ1) is 15.3. The van der Waals surface area contributed by atoms with Crippen molar-refractivity contribution in [2.45, 2.75) is 0 Å². The van der Waals surface area contributed by atoms with E-state index in [1.807, 2.05) is 0 Å². The van der Waals surface area contributed by atoms with Crippen LogP contribution in [0.25, 0.3) is 17.4 Å². The molecule has 2 aliphatic rings. The first-order valence-electron chi connectivity index (χ1n) is 9.16. The zero-order valence-electron chi connectivity index (χ0n) is 15.9. The monoisotopic (exact) mass is 500 g/mol. The predicted octanol–water partition coefficient (Wildman–Crippen LogP) is 5.67. The number of furan rings is 1. The van der Waals surface area contributed by atoms with Crippen molar-refractivity contribution in [3.05, 3.63) is 86.4 Å². The zero-order valence-corrected chi connectivity index (χ0v) is 19.0. The highest BCUT2D eigenvalue weighted by molar-refractivity contribution is 8.26. The molecule has 2 aromatic carbocycles. The molecule has 32 heavy (non-hydrogen) atoms. The van der Waals surface area contributed by atoms with Crippen LogP contribution >= 0.6 is 47.2 Å². The summed E-state index contributed by atoms with van der Waals surface area (Å²) in [4.78, 5) is 38.8. The van der Waals surface area contributed by atoms with Crippen LogP contribution in [0.5, 0.6) is 0 Å². The first-order valence-corrected chi connectivity index (χ1v) is 11.1. The lowest BCUT2D eigenvalue weighted by Crippen LogP contribution is -2.48. The van der Waals surface area contributed by atoms with Crippen molar-refractivity contribution in [2.24, 2.45) is 0 Å². The number of imide groups is 1. The van der Waals surface area contributed by atoms with Gasteiger partial charge in [0.15, 0.2) is 4.32 Å². The van der Waals surface area contributed by atoms with Gasteiger partial charge in [0.1, 0.15) is 11.5 Å². The molecule has 2 aliphatic heterocycles. The fourth-order valence-corrected chi connectivity index (χ4v) is 5.11. The second kappa shape index (κ2) is 7.90. The highest BCUT2D eigenvalue weighted by Gasteiger charge is 2.47. The van der Waals surface area contributed by atoms with Crippen molar-refractivity contribution in [1.82, 2.24) is 10.0 Å². The number of amides is 3. The van der Waals surface area contributed by atoms with E-state index in [0.29, 0.717) is 27.1 Å². The van der Waals surface area contributed by atoms with Gasteiger partial charge < -0.3 is 4.42 Å². The van der Waals surface area contributed by atoms with Crippen molar-refractivity contribution in [3.8, 4) is 11.3 Å². The van der Waals surface area contributed by atoms with Crippen molar-refractivity contribution in [2.75, 3.05) is 0 Å². The van der Waals surface area contributed by atoms with Gasteiger partial charge in [0.05, 0.1) is 21.1 Å². The van der Waals surface area contributed by atoms with Gasteiger partial charge in [-0.1, -0.05) is 47.1 Å². The average molecular weight is 501 g/mol. The Labute approximate surface area is 201 Å². The second-order valence-electron chi connectivity index (χ2n) is 6.79. The molecule has 0 aliphatic carbocycles. The Morgan fingerprint density at radius 1 is 0.844 bits per heavy atom. The van der Waals surface area contributed by atoms with Crippen LogP contribution in [0.3, 0.4) is 0 Å². The molecule has 1 fully saturated rings. The summed E-state index contributed by atoms with van der Waals surface area (Å²) in [6.45, 7) is 0. The van der Waals surface area contributed by atoms with Gasteiger partial charge in [-0.15, -0.1) is 0 Å². The number of thioether (sulfide) groups is 1. The molecule has 3 aromatic rings. The van der Waals surface area contributed by atoms with E-state index in [1.54, 1.807) is 42.5 Å². The van der Waals surface area contributed by atoms with E-state index in [-0.39, 0.29) is 20.4 Å². The quantitative estimate of drug-likeness (QED) is 0.262. The van der Waals surface area contributed by atoms with Crippen molar-refractivity contribution < 1.29 is 18.8 Å². The van der Waals surface area contributed by atoms with Crippen molar-refractivity contribution in [3.63, 3.8) is 0 Å². The molecule has 0 atom stereocenters. The fraction of sp³-hybridized carbons (Fsp3) is 0. The summed E-state index contributed by atoms with van der Waals surface area (Å²) in [5.74, 6) is -0.902. The zero-order chi connectivity index (χ0) is 22.6. The molecule has 0 spiro atoms. The average Bonchev–Trinajstić information content (AvgIpc) is 3.40. The van der Waals surface area contributed by atoms with E-state index in [4.69, 9.17) is 39.8 Å². The molecule has 5 rings (SSSR count). The molecule has 1 aromatic heterocycles. The maximum Gasteiger partial charge on any atom is 0.285 e. The second-order valence-corrected chi connectivity index (χ2v) is 9.31. The molecule has 6 nitrogen and oxygen atoms in total. The molecular formula is C22H10Cl2N2O4S2. The highest BCUT2D eigenvalue weighted by Crippen LogP contribution is 2.38. The Kier molecular flexibility index (Phi) is 5.17. The van der Waals surface area contributed by atoms with Gasteiger partial charge in [-0.25, -0.2) is 0 Å². The smallest absolute Gasteiger partial charge is 0.285 e. The predicted molar refractivity (Wildman–Crippen MR) is 126 cm³/mol. The van der Waals surface area contributed by atoms with Crippen LogP contribution in [0, 0.1) is 0 Å². The number of benzene rings is 2. The molecule has 158 valence electrons. The van der Waals surface area contributed by atoms with Gasteiger partial charge in [-0.05, 0) is 54.7 Å². The summed E-state index contributed by atoms with van der Waals surface area (Å²) < 4.78 is 5.88. The summed E-state index contributed by atoms with van der Waals surface area (Å²) >= 11 is 18.4. The van der Waals surface area contributed by atoms with Gasteiger partial charge in [0, 0.05) is 16.7 Å². The minimum atomic E-state index is -0.596. The summed E-state index contributed by atoms with van der Waals surface area (Å²) in [5, 5.41) is 2.64. The SMILES string of the molecule is O=C1/C(=C/c2ccc(-c3ccc(Cl)cc3Cl)o2)SC(=S)N1N1C(=O)c2ccccc2C1=O. The van der Waals surface area contributed by atoms with Crippen LogP contribution in [0.1, 0.15) is 26.5 Å². The number of hydrogen-bond acceptors (Lipinski definition) is 6. The van der Waals surface area contributed by atoms with Gasteiger partial charge in [-0.2, -0.15) is 10.0 Å². The Morgan fingerprint density at radius 3 is 2.19 bits per heavy atom. The number of rotatable bonds is 3. The Balaban J connectivity index is 1.43. The minimum absolute atomic E-state index is 0.0725. The molecule has 10 heteroatoms. The highest BCUT2D eigenvalue weighted by atomic mass is 35.5. The number of hydrogen-bond donors (Lipinski definition) is 0. The van der Waals surface area contributed by atoms with E-state index in [2.05, 4.69) is 0 Å². The van der Waals surface area contributed by atoms with Gasteiger partial charge >= 0.3 is 0 Å². The molecule has 0 radical (unpaired) electrons. The minimum Gasteiger partial charge on any atom is -0.457 e. The normalized spacial score (nSPS) is 17.1. The third kappa shape index (κ3) is 3.36. The molecule has 3 heterocycles. The number of thiocarbonyl (C=S) groups is 1. The number of hydrazine groups is 1. The third-order valence-corrected chi connectivity index (χ3v) is 6.67. The van der Waals surface area contributed by atoms with Gasteiger partial charge in [-0.3, -0.25) is 14.4 Å². The maximum atomic E-state index is 13.0. The van der Waals surface area contributed by atoms with E-state index >= 15 is 0 Å². The van der Waals surface area contributed by atoms with E-state index in [0.717, 1.165) is 21.8 Å². The molecule has 0 bridgehead atoms. The van der Waals surface area contributed by atoms with Crippen LogP contribution in [0.2, 0.25) is 10.0 Å². The lowest BCUT2D eigenvalue weighted by atomic mass is 10.1. The summed E-state index contributed by atoms with van der Waals surface area (Å²) in [7, 11) is 0.